The predicted molar refractivity (Wildman–Crippen MR) is 128 cm³/mol. The van der Waals surface area contributed by atoms with Crippen molar-refractivity contribution in [3.8, 4) is 0 Å². The number of thioether (sulfide) groups is 1. The molecule has 1 aliphatic rings. The average molecular weight is 477 g/mol. The van der Waals surface area contributed by atoms with Crippen LogP contribution in [0.3, 0.4) is 0 Å². The molecule has 0 unspecified atom stereocenters. The van der Waals surface area contributed by atoms with Crippen molar-refractivity contribution >= 4 is 35.2 Å². The third-order valence-electron chi connectivity index (χ3n) is 5.78. The number of hydrogen-bond acceptors (Lipinski definition) is 3. The summed E-state index contributed by atoms with van der Waals surface area (Å²) in [5.74, 6) is 0.0473. The van der Waals surface area contributed by atoms with E-state index in [1.54, 1.807) is 35.7 Å². The Balaban J connectivity index is 1.64. The van der Waals surface area contributed by atoms with Crippen molar-refractivity contribution in [1.82, 2.24) is 10.2 Å². The van der Waals surface area contributed by atoms with Crippen molar-refractivity contribution < 1.29 is 14.0 Å². The third kappa shape index (κ3) is 7.52. The monoisotopic (exact) mass is 476 g/mol. The zero-order chi connectivity index (χ0) is 22.9. The van der Waals surface area contributed by atoms with E-state index in [9.17, 15) is 14.0 Å². The van der Waals surface area contributed by atoms with Crippen LogP contribution in [0.25, 0.3) is 0 Å². The zero-order valence-corrected chi connectivity index (χ0v) is 19.9. The summed E-state index contributed by atoms with van der Waals surface area (Å²) < 4.78 is 13.3. The Morgan fingerprint density at radius 1 is 1.09 bits per heavy atom. The van der Waals surface area contributed by atoms with Crippen LogP contribution in [0.4, 0.5) is 4.39 Å². The number of carbonyl (C=O) groups is 2. The normalized spacial score (nSPS) is 15.2. The summed E-state index contributed by atoms with van der Waals surface area (Å²) in [6, 6.07) is 13.1. The molecule has 0 heterocycles. The first kappa shape index (κ1) is 24.6. The Hall–Kier alpha value is -2.05. The highest BCUT2D eigenvalue weighted by molar-refractivity contribution is 7.99. The van der Waals surface area contributed by atoms with Crippen LogP contribution in [0.15, 0.2) is 53.4 Å². The number of hydrogen-bond donors (Lipinski definition) is 1. The van der Waals surface area contributed by atoms with Crippen LogP contribution in [0, 0.1) is 5.82 Å². The molecule has 0 saturated heterocycles. The lowest BCUT2D eigenvalue weighted by atomic mass is 9.95. The van der Waals surface area contributed by atoms with Crippen molar-refractivity contribution in [3.63, 3.8) is 0 Å². The number of carbonyl (C=O) groups excluding carboxylic acids is 2. The van der Waals surface area contributed by atoms with Crippen LogP contribution in [0.2, 0.25) is 5.02 Å². The van der Waals surface area contributed by atoms with Gasteiger partial charge in [0.15, 0.2) is 0 Å². The minimum absolute atomic E-state index is 0.0953. The first-order valence-electron chi connectivity index (χ1n) is 11.1. The lowest BCUT2D eigenvalue weighted by molar-refractivity contribution is -0.140. The Labute approximate surface area is 198 Å². The van der Waals surface area contributed by atoms with E-state index in [0.717, 1.165) is 36.1 Å². The predicted octanol–water partition coefficient (Wildman–Crippen LogP) is 5.83. The van der Waals surface area contributed by atoms with Crippen molar-refractivity contribution in [1.29, 1.82) is 0 Å². The average Bonchev–Trinajstić information content (AvgIpc) is 2.80. The fraction of sp³-hybridized carbons (Fsp3) is 0.440. The summed E-state index contributed by atoms with van der Waals surface area (Å²) in [6.45, 7) is 2.04. The fourth-order valence-electron chi connectivity index (χ4n) is 3.87. The number of nitrogens with zero attached hydrogens (tertiary/aromatic N) is 1. The van der Waals surface area contributed by atoms with Gasteiger partial charge in [-0.1, -0.05) is 43.0 Å². The summed E-state index contributed by atoms with van der Waals surface area (Å²) >= 11 is 7.50. The van der Waals surface area contributed by atoms with Gasteiger partial charge in [0.2, 0.25) is 11.8 Å². The zero-order valence-electron chi connectivity index (χ0n) is 18.4. The van der Waals surface area contributed by atoms with Crippen LogP contribution in [-0.4, -0.2) is 34.6 Å². The SMILES string of the molecule is C[C@@H](C(=O)NC1CCCCC1)N(Cc1ccc(F)cc1)C(=O)CCSc1ccc(Cl)cc1. The lowest BCUT2D eigenvalue weighted by Crippen LogP contribution is -2.50. The van der Waals surface area contributed by atoms with Crippen LogP contribution in [0.5, 0.6) is 0 Å². The molecule has 1 aliphatic carbocycles. The minimum atomic E-state index is -0.602. The van der Waals surface area contributed by atoms with Gasteiger partial charge in [0.25, 0.3) is 0 Å². The van der Waals surface area contributed by atoms with Crippen molar-refractivity contribution in [2.24, 2.45) is 0 Å². The highest BCUT2D eigenvalue weighted by Crippen LogP contribution is 2.22. The molecule has 7 heteroatoms. The molecule has 172 valence electrons. The number of nitrogens with one attached hydrogen (secondary N) is 1. The highest BCUT2D eigenvalue weighted by atomic mass is 35.5. The molecule has 32 heavy (non-hydrogen) atoms. The number of benzene rings is 2. The third-order valence-corrected chi connectivity index (χ3v) is 7.05. The molecule has 0 radical (unpaired) electrons. The van der Waals surface area contributed by atoms with E-state index >= 15 is 0 Å². The topological polar surface area (TPSA) is 49.4 Å². The molecule has 1 atom stereocenters. The fourth-order valence-corrected chi connectivity index (χ4v) is 4.84. The number of rotatable bonds is 9. The summed E-state index contributed by atoms with van der Waals surface area (Å²) in [7, 11) is 0. The maximum Gasteiger partial charge on any atom is 0.242 e. The van der Waals surface area contributed by atoms with Crippen molar-refractivity contribution in [2.45, 2.75) is 69.0 Å². The van der Waals surface area contributed by atoms with Crippen molar-refractivity contribution in [2.75, 3.05) is 5.75 Å². The summed E-state index contributed by atoms with van der Waals surface area (Å²) in [4.78, 5) is 28.7. The molecule has 1 fully saturated rings. The molecular formula is C25H30ClFN2O2S. The first-order valence-corrected chi connectivity index (χ1v) is 12.5. The second-order valence-corrected chi connectivity index (χ2v) is 9.82. The standard InChI is InChI=1S/C25H30ClFN2O2S/c1-18(25(31)28-22-5-3-2-4-6-22)29(17-19-7-11-21(27)12-8-19)24(30)15-16-32-23-13-9-20(26)10-14-23/h7-14,18,22H,2-6,15-17H2,1H3,(H,28,31)/t18-/m0/s1. The molecule has 0 bridgehead atoms. The number of halogens is 2. The van der Waals surface area contributed by atoms with Crippen molar-refractivity contribution in [3.05, 3.63) is 64.9 Å². The van der Waals surface area contributed by atoms with Gasteiger partial charge in [-0.05, 0) is 61.7 Å². The van der Waals surface area contributed by atoms with Crippen LogP contribution in [0.1, 0.15) is 51.0 Å². The summed E-state index contributed by atoms with van der Waals surface area (Å²) in [6.07, 6.45) is 5.74. The van der Waals surface area contributed by atoms with Crippen LogP contribution < -0.4 is 5.32 Å². The maximum absolute atomic E-state index is 13.3. The van der Waals surface area contributed by atoms with Gasteiger partial charge in [-0.15, -0.1) is 11.8 Å². The smallest absolute Gasteiger partial charge is 0.242 e. The molecule has 0 spiro atoms. The van der Waals surface area contributed by atoms with E-state index in [1.165, 1.54) is 18.6 Å². The second kappa shape index (κ2) is 12.3. The first-order chi connectivity index (χ1) is 15.4. The molecule has 3 rings (SSSR count). The molecule has 2 amide bonds. The van der Waals surface area contributed by atoms with E-state index in [2.05, 4.69) is 5.32 Å². The van der Waals surface area contributed by atoms with Gasteiger partial charge in [0.1, 0.15) is 11.9 Å². The van der Waals surface area contributed by atoms with Gasteiger partial charge in [-0.25, -0.2) is 4.39 Å². The molecule has 2 aromatic rings. The van der Waals surface area contributed by atoms with E-state index < -0.39 is 6.04 Å². The van der Waals surface area contributed by atoms with Crippen LogP contribution in [-0.2, 0) is 16.1 Å². The quantitative estimate of drug-likeness (QED) is 0.463. The van der Waals surface area contributed by atoms with Gasteiger partial charge in [0.05, 0.1) is 0 Å². The molecule has 4 nitrogen and oxygen atoms in total. The Bertz CT molecular complexity index is 886. The minimum Gasteiger partial charge on any atom is -0.352 e. The van der Waals surface area contributed by atoms with Gasteiger partial charge < -0.3 is 10.2 Å². The molecule has 0 aromatic heterocycles. The van der Waals surface area contributed by atoms with E-state index in [4.69, 9.17) is 11.6 Å². The number of amides is 2. The lowest BCUT2D eigenvalue weighted by Gasteiger charge is -2.31. The molecule has 1 N–H and O–H groups in total. The Morgan fingerprint density at radius 3 is 2.41 bits per heavy atom. The maximum atomic E-state index is 13.3. The molecule has 2 aromatic carbocycles. The van der Waals surface area contributed by atoms with E-state index in [1.807, 2.05) is 24.3 Å². The molecular weight excluding hydrogens is 447 g/mol. The Morgan fingerprint density at radius 2 is 1.75 bits per heavy atom. The van der Waals surface area contributed by atoms with Gasteiger partial charge in [-0.3, -0.25) is 9.59 Å². The Kier molecular flexibility index (Phi) is 9.42. The van der Waals surface area contributed by atoms with Crippen LogP contribution >= 0.6 is 23.4 Å². The summed E-state index contributed by atoms with van der Waals surface area (Å²) in [5, 5.41) is 3.80. The molecule has 1 saturated carbocycles. The largest absolute Gasteiger partial charge is 0.352 e. The molecule has 0 aliphatic heterocycles. The summed E-state index contributed by atoms with van der Waals surface area (Å²) in [5.41, 5.74) is 0.794. The van der Waals surface area contributed by atoms with E-state index in [0.29, 0.717) is 17.2 Å². The van der Waals surface area contributed by atoms with Gasteiger partial charge >= 0.3 is 0 Å². The van der Waals surface area contributed by atoms with E-state index in [-0.39, 0.29) is 30.2 Å². The van der Waals surface area contributed by atoms with Gasteiger partial charge in [0, 0.05) is 34.7 Å². The second-order valence-electron chi connectivity index (χ2n) is 8.22. The highest BCUT2D eigenvalue weighted by Gasteiger charge is 2.27. The van der Waals surface area contributed by atoms with Gasteiger partial charge in [-0.2, -0.15) is 0 Å².